The number of hydrogen-bond acceptors (Lipinski definition) is 8. The van der Waals surface area contributed by atoms with Crippen molar-refractivity contribution >= 4 is 14.6 Å². The highest BCUT2D eigenvalue weighted by Gasteiger charge is 2.54. The maximum Gasteiger partial charge on any atom is 0.506 e. The Kier molecular flexibility index (Phi) is 8.72. The Labute approximate surface area is 211 Å². The van der Waals surface area contributed by atoms with Crippen molar-refractivity contribution in [1.29, 1.82) is 0 Å². The summed E-state index contributed by atoms with van der Waals surface area (Å²) in [4.78, 5) is 15.5. The van der Waals surface area contributed by atoms with Crippen molar-refractivity contribution in [2.45, 2.75) is 82.5 Å². The second-order valence-electron chi connectivity index (χ2n) is 10.7. The lowest BCUT2D eigenvalue weighted by Gasteiger charge is -2.50. The standard InChI is InChI=1S/C26H43NO7Si/c1-9-10-11-26(29)17-27-19(16-34-35(32-7,33-8)25(2,3)4)12-18-13-22(30-5)23(31-6)14-20(18)21(27)15-24(26)28/h13-14,19,21,29H,9-12,15-17H2,1-8H3/t19-,21?,26?/m0/s1. The molecule has 9 heteroatoms. The third kappa shape index (κ3) is 5.31. The molecular formula is C26H43NO7Si. The molecule has 35 heavy (non-hydrogen) atoms. The molecule has 0 aliphatic carbocycles. The minimum atomic E-state index is -2.98. The molecule has 3 atom stereocenters. The van der Waals surface area contributed by atoms with Crippen LogP contribution in [-0.2, 0) is 24.5 Å². The van der Waals surface area contributed by atoms with Gasteiger partial charge in [0, 0.05) is 44.3 Å². The van der Waals surface area contributed by atoms with Gasteiger partial charge in [-0.3, -0.25) is 9.69 Å². The van der Waals surface area contributed by atoms with Gasteiger partial charge in [0.15, 0.2) is 17.3 Å². The van der Waals surface area contributed by atoms with E-state index in [1.165, 1.54) is 0 Å². The Morgan fingerprint density at radius 1 is 1.09 bits per heavy atom. The zero-order valence-corrected chi connectivity index (χ0v) is 23.6. The minimum Gasteiger partial charge on any atom is -0.493 e. The number of ether oxygens (including phenoxy) is 2. The van der Waals surface area contributed by atoms with Crippen LogP contribution < -0.4 is 9.47 Å². The fraction of sp³-hybridized carbons (Fsp3) is 0.731. The van der Waals surface area contributed by atoms with Crippen molar-refractivity contribution < 1.29 is 32.7 Å². The maximum absolute atomic E-state index is 13.2. The van der Waals surface area contributed by atoms with Gasteiger partial charge in [-0.15, -0.1) is 0 Å². The Hall–Kier alpha value is -1.49. The van der Waals surface area contributed by atoms with E-state index in [-0.39, 0.29) is 35.9 Å². The van der Waals surface area contributed by atoms with E-state index in [0.29, 0.717) is 30.9 Å². The number of ketones is 1. The number of fused-ring (bicyclic) bond motifs is 3. The second kappa shape index (κ2) is 10.9. The number of carbonyl (C=O) groups is 1. The molecule has 1 aromatic rings. The third-order valence-electron chi connectivity index (χ3n) is 7.54. The van der Waals surface area contributed by atoms with E-state index >= 15 is 0 Å². The van der Waals surface area contributed by atoms with E-state index in [1.807, 2.05) is 12.1 Å². The molecule has 0 saturated carbocycles. The normalized spacial score (nSPS) is 25.2. The quantitative estimate of drug-likeness (QED) is 0.475. The monoisotopic (exact) mass is 509 g/mol. The highest BCUT2D eigenvalue weighted by molar-refractivity contribution is 6.63. The lowest BCUT2D eigenvalue weighted by molar-refractivity contribution is -0.153. The number of nitrogens with zero attached hydrogens (tertiary/aromatic N) is 1. The second-order valence-corrected chi connectivity index (χ2v) is 14.5. The summed E-state index contributed by atoms with van der Waals surface area (Å²) in [5.41, 5.74) is 0.796. The summed E-state index contributed by atoms with van der Waals surface area (Å²) in [6.45, 7) is 8.90. The predicted molar refractivity (Wildman–Crippen MR) is 136 cm³/mol. The van der Waals surface area contributed by atoms with Crippen LogP contribution in [0.4, 0.5) is 0 Å². The Morgan fingerprint density at radius 2 is 1.71 bits per heavy atom. The van der Waals surface area contributed by atoms with Crippen molar-refractivity contribution in [3.05, 3.63) is 23.3 Å². The van der Waals surface area contributed by atoms with Gasteiger partial charge < -0.3 is 27.9 Å². The Balaban J connectivity index is 2.00. The number of methoxy groups -OCH3 is 2. The molecule has 8 nitrogen and oxygen atoms in total. The van der Waals surface area contributed by atoms with Gasteiger partial charge in [0.05, 0.1) is 20.8 Å². The number of unbranched alkanes of at least 4 members (excludes halogenated alkanes) is 1. The van der Waals surface area contributed by atoms with E-state index in [2.05, 4.69) is 32.6 Å². The van der Waals surface area contributed by atoms with Crippen molar-refractivity contribution in [1.82, 2.24) is 4.90 Å². The number of carbonyl (C=O) groups excluding carboxylic acids is 1. The number of aliphatic hydroxyl groups is 1. The number of rotatable bonds is 10. The molecule has 1 N–H and O–H groups in total. The van der Waals surface area contributed by atoms with Crippen molar-refractivity contribution in [3.8, 4) is 11.5 Å². The van der Waals surface area contributed by atoms with E-state index in [0.717, 1.165) is 24.0 Å². The van der Waals surface area contributed by atoms with Gasteiger partial charge >= 0.3 is 8.80 Å². The first-order valence-electron chi connectivity index (χ1n) is 12.5. The summed E-state index contributed by atoms with van der Waals surface area (Å²) >= 11 is 0. The topological polar surface area (TPSA) is 86.7 Å². The Bertz CT molecular complexity index is 898. The molecular weight excluding hydrogens is 466 g/mol. The highest BCUT2D eigenvalue weighted by atomic mass is 28.4. The summed E-state index contributed by atoms with van der Waals surface area (Å²) in [5.74, 6) is 1.20. The summed E-state index contributed by atoms with van der Waals surface area (Å²) in [7, 11) is 3.54. The molecule has 0 bridgehead atoms. The van der Waals surface area contributed by atoms with Gasteiger partial charge in [-0.05, 0) is 36.1 Å². The summed E-state index contributed by atoms with van der Waals surface area (Å²) in [6.07, 6.45) is 3.13. The molecule has 0 aromatic heterocycles. The van der Waals surface area contributed by atoms with Gasteiger partial charge in [0.25, 0.3) is 0 Å². The molecule has 198 valence electrons. The van der Waals surface area contributed by atoms with Crippen molar-refractivity contribution in [2.24, 2.45) is 0 Å². The molecule has 1 fully saturated rings. The summed E-state index contributed by atoms with van der Waals surface area (Å²) in [6, 6.07) is 3.75. The van der Waals surface area contributed by atoms with Crippen LogP contribution in [0.25, 0.3) is 0 Å². The molecule has 1 saturated heterocycles. The average molecular weight is 510 g/mol. The molecule has 2 aliphatic rings. The lowest BCUT2D eigenvalue weighted by Crippen LogP contribution is -2.62. The van der Waals surface area contributed by atoms with Gasteiger partial charge in [-0.25, -0.2) is 0 Å². The maximum atomic E-state index is 13.2. The fourth-order valence-electron chi connectivity index (χ4n) is 5.53. The smallest absolute Gasteiger partial charge is 0.493 e. The lowest BCUT2D eigenvalue weighted by atomic mass is 9.76. The predicted octanol–water partition coefficient (Wildman–Crippen LogP) is 3.91. The highest BCUT2D eigenvalue weighted by Crippen LogP contribution is 2.46. The fourth-order valence-corrected chi connectivity index (χ4v) is 8.00. The molecule has 1 aromatic carbocycles. The van der Waals surface area contributed by atoms with Crippen LogP contribution in [0.15, 0.2) is 12.1 Å². The first-order chi connectivity index (χ1) is 16.5. The van der Waals surface area contributed by atoms with Crippen LogP contribution in [0, 0.1) is 0 Å². The van der Waals surface area contributed by atoms with Gasteiger partial charge in [-0.2, -0.15) is 0 Å². The molecule has 0 amide bonds. The number of hydrogen-bond donors (Lipinski definition) is 1. The molecule has 2 unspecified atom stereocenters. The average Bonchev–Trinajstić information content (AvgIpc) is 2.83. The summed E-state index contributed by atoms with van der Waals surface area (Å²) < 4.78 is 29.3. The van der Waals surface area contributed by atoms with Crippen LogP contribution in [-0.4, -0.2) is 77.8 Å². The van der Waals surface area contributed by atoms with Gasteiger partial charge in [0.1, 0.15) is 5.60 Å². The van der Waals surface area contributed by atoms with Crippen LogP contribution in [0.3, 0.4) is 0 Å². The van der Waals surface area contributed by atoms with E-state index in [4.69, 9.17) is 22.8 Å². The van der Waals surface area contributed by atoms with E-state index in [1.54, 1.807) is 28.4 Å². The number of benzene rings is 1. The minimum absolute atomic E-state index is 0.0635. The third-order valence-corrected chi connectivity index (χ3v) is 11.0. The first-order valence-corrected chi connectivity index (χ1v) is 14.2. The molecule has 2 heterocycles. The van der Waals surface area contributed by atoms with Gasteiger partial charge in [0.2, 0.25) is 0 Å². The van der Waals surface area contributed by atoms with E-state index in [9.17, 15) is 9.90 Å². The van der Waals surface area contributed by atoms with E-state index < -0.39 is 14.4 Å². The zero-order chi connectivity index (χ0) is 26.0. The molecule has 0 spiro atoms. The number of Topliss-reactive ketones (excluding diaryl/α,β-unsaturated/α-hetero) is 1. The van der Waals surface area contributed by atoms with Crippen LogP contribution in [0.2, 0.25) is 5.04 Å². The van der Waals surface area contributed by atoms with Crippen molar-refractivity contribution in [2.75, 3.05) is 41.6 Å². The van der Waals surface area contributed by atoms with Crippen LogP contribution in [0.5, 0.6) is 11.5 Å². The van der Waals surface area contributed by atoms with Gasteiger partial charge in [-0.1, -0.05) is 40.5 Å². The van der Waals surface area contributed by atoms with Crippen LogP contribution >= 0.6 is 0 Å². The number of piperidine rings is 1. The SMILES string of the molecule is CCCCC1(O)CN2C(CC1=O)c1cc(OC)c(OC)cc1C[C@H]2CO[Si](OC)(OC)C(C)(C)C. The largest absolute Gasteiger partial charge is 0.506 e. The van der Waals surface area contributed by atoms with Crippen LogP contribution in [0.1, 0.15) is 70.5 Å². The first kappa shape index (κ1) is 28.1. The molecule has 2 aliphatic heterocycles. The molecule has 3 rings (SSSR count). The molecule has 0 radical (unpaired) electrons. The Morgan fingerprint density at radius 3 is 2.26 bits per heavy atom. The summed E-state index contributed by atoms with van der Waals surface area (Å²) in [5, 5.41) is 11.1. The van der Waals surface area contributed by atoms with Crippen molar-refractivity contribution in [3.63, 3.8) is 0 Å². The zero-order valence-electron chi connectivity index (χ0n) is 22.6.